The average Bonchev–Trinajstić information content (AvgIpc) is 2.81. The summed E-state index contributed by atoms with van der Waals surface area (Å²) in [5.41, 5.74) is 1.85. The molecule has 0 saturated heterocycles. The van der Waals surface area contributed by atoms with Gasteiger partial charge in [-0.05, 0) is 24.8 Å². The second kappa shape index (κ2) is 5.10. The molecule has 1 atom stereocenters. The SMILES string of the molecule is O=C(NCc1ncc2c(n1)CCC2)C(F)C(F)(F)F. The summed E-state index contributed by atoms with van der Waals surface area (Å²) in [6.45, 7) is -0.317. The van der Waals surface area contributed by atoms with Crippen LogP contribution in [0.1, 0.15) is 23.5 Å². The lowest BCUT2D eigenvalue weighted by Gasteiger charge is -2.12. The number of hydrogen-bond acceptors (Lipinski definition) is 3. The zero-order valence-corrected chi connectivity index (χ0v) is 9.80. The van der Waals surface area contributed by atoms with Crippen LogP contribution in [0.3, 0.4) is 0 Å². The number of hydrogen-bond donors (Lipinski definition) is 1. The zero-order valence-electron chi connectivity index (χ0n) is 9.80. The van der Waals surface area contributed by atoms with E-state index in [-0.39, 0.29) is 12.4 Å². The Morgan fingerprint density at radius 2 is 2.16 bits per heavy atom. The first-order chi connectivity index (χ1) is 8.88. The van der Waals surface area contributed by atoms with Gasteiger partial charge in [-0.25, -0.2) is 14.4 Å². The van der Waals surface area contributed by atoms with Gasteiger partial charge in [0, 0.05) is 11.9 Å². The lowest BCUT2D eigenvalue weighted by Crippen LogP contribution is -2.41. The molecule has 1 unspecified atom stereocenters. The number of alkyl halides is 4. The average molecular weight is 277 g/mol. The van der Waals surface area contributed by atoms with E-state index < -0.39 is 18.3 Å². The summed E-state index contributed by atoms with van der Waals surface area (Å²) >= 11 is 0. The molecule has 1 amide bonds. The molecular formula is C11H11F4N3O. The third kappa shape index (κ3) is 3.18. The Morgan fingerprint density at radius 3 is 2.84 bits per heavy atom. The quantitative estimate of drug-likeness (QED) is 0.851. The number of nitrogens with one attached hydrogen (secondary N) is 1. The molecule has 1 aliphatic carbocycles. The number of carbonyl (C=O) groups is 1. The van der Waals surface area contributed by atoms with Gasteiger partial charge in [0.15, 0.2) is 0 Å². The molecule has 1 N–H and O–H groups in total. The van der Waals surface area contributed by atoms with E-state index in [0.29, 0.717) is 0 Å². The number of carbonyl (C=O) groups excluding carboxylic acids is 1. The van der Waals surface area contributed by atoms with Crippen molar-refractivity contribution in [3.63, 3.8) is 0 Å². The van der Waals surface area contributed by atoms with Crippen molar-refractivity contribution in [2.75, 3.05) is 0 Å². The first-order valence-corrected chi connectivity index (χ1v) is 5.70. The molecule has 4 nitrogen and oxygen atoms in total. The van der Waals surface area contributed by atoms with Crippen molar-refractivity contribution in [1.29, 1.82) is 0 Å². The van der Waals surface area contributed by atoms with Crippen molar-refractivity contribution in [2.45, 2.75) is 38.2 Å². The summed E-state index contributed by atoms with van der Waals surface area (Å²) in [7, 11) is 0. The van der Waals surface area contributed by atoms with Crippen LogP contribution in [0.15, 0.2) is 6.20 Å². The Hall–Kier alpha value is -1.73. The van der Waals surface area contributed by atoms with E-state index in [4.69, 9.17) is 0 Å². The van der Waals surface area contributed by atoms with E-state index in [1.807, 2.05) is 5.32 Å². The fourth-order valence-electron chi connectivity index (χ4n) is 1.84. The van der Waals surface area contributed by atoms with Gasteiger partial charge in [-0.15, -0.1) is 0 Å². The Balaban J connectivity index is 1.94. The van der Waals surface area contributed by atoms with Crippen molar-refractivity contribution in [3.05, 3.63) is 23.3 Å². The Bertz CT molecular complexity index is 489. The Labute approximate surface area is 106 Å². The highest BCUT2D eigenvalue weighted by molar-refractivity contribution is 5.81. The summed E-state index contributed by atoms with van der Waals surface area (Å²) in [4.78, 5) is 19.0. The van der Waals surface area contributed by atoms with Crippen molar-refractivity contribution < 1.29 is 22.4 Å². The molecule has 19 heavy (non-hydrogen) atoms. The first kappa shape index (κ1) is 13.7. The number of halogens is 4. The maximum atomic E-state index is 12.6. The second-order valence-electron chi connectivity index (χ2n) is 4.23. The zero-order chi connectivity index (χ0) is 14.0. The molecule has 0 saturated carbocycles. The summed E-state index contributed by atoms with van der Waals surface area (Å²) < 4.78 is 48.5. The molecule has 2 rings (SSSR count). The first-order valence-electron chi connectivity index (χ1n) is 5.70. The molecular weight excluding hydrogens is 266 g/mol. The third-order valence-corrected chi connectivity index (χ3v) is 2.80. The minimum Gasteiger partial charge on any atom is -0.346 e. The minimum atomic E-state index is -5.19. The van der Waals surface area contributed by atoms with Crippen molar-refractivity contribution >= 4 is 5.91 Å². The molecule has 0 bridgehead atoms. The molecule has 1 heterocycles. The van der Waals surface area contributed by atoms with Crippen LogP contribution in [0.4, 0.5) is 17.6 Å². The smallest absolute Gasteiger partial charge is 0.346 e. The molecule has 8 heteroatoms. The van der Waals surface area contributed by atoms with Gasteiger partial charge in [0.2, 0.25) is 0 Å². The van der Waals surface area contributed by atoms with Gasteiger partial charge in [-0.2, -0.15) is 13.2 Å². The third-order valence-electron chi connectivity index (χ3n) is 2.80. The van der Waals surface area contributed by atoms with E-state index in [2.05, 4.69) is 9.97 Å². The maximum absolute atomic E-state index is 12.6. The fraction of sp³-hybridized carbons (Fsp3) is 0.545. The lowest BCUT2D eigenvalue weighted by molar-refractivity contribution is -0.186. The van der Waals surface area contributed by atoms with Gasteiger partial charge in [0.1, 0.15) is 5.82 Å². The summed E-state index contributed by atoms with van der Waals surface area (Å²) in [6, 6.07) is 0. The van der Waals surface area contributed by atoms with E-state index in [9.17, 15) is 22.4 Å². The van der Waals surface area contributed by atoms with Crippen LogP contribution in [0.25, 0.3) is 0 Å². The van der Waals surface area contributed by atoms with Gasteiger partial charge in [-0.3, -0.25) is 4.79 Å². The standard InChI is InChI=1S/C11H11F4N3O/c12-9(11(13,14)15)10(19)17-5-8-16-4-6-2-1-3-7(6)18-8/h4,9H,1-3,5H2,(H,17,19). The van der Waals surface area contributed by atoms with Gasteiger partial charge in [0.05, 0.1) is 6.54 Å². The summed E-state index contributed by atoms with van der Waals surface area (Å²) in [5, 5.41) is 1.84. The maximum Gasteiger partial charge on any atom is 0.428 e. The van der Waals surface area contributed by atoms with Crippen molar-refractivity contribution in [3.8, 4) is 0 Å². The van der Waals surface area contributed by atoms with Crippen LogP contribution >= 0.6 is 0 Å². The second-order valence-corrected chi connectivity index (χ2v) is 4.23. The number of rotatable bonds is 3. The van der Waals surface area contributed by atoms with Crippen LogP contribution in [0.2, 0.25) is 0 Å². The number of nitrogens with zero attached hydrogens (tertiary/aromatic N) is 2. The fourth-order valence-corrected chi connectivity index (χ4v) is 1.84. The molecule has 0 radical (unpaired) electrons. The van der Waals surface area contributed by atoms with Crippen LogP contribution in [-0.4, -0.2) is 28.2 Å². The monoisotopic (exact) mass is 277 g/mol. The summed E-state index contributed by atoms with van der Waals surface area (Å²) in [5.74, 6) is -1.54. The molecule has 0 spiro atoms. The minimum absolute atomic E-state index is 0.184. The van der Waals surface area contributed by atoms with Gasteiger partial charge in [0.25, 0.3) is 12.1 Å². The van der Waals surface area contributed by atoms with Gasteiger partial charge < -0.3 is 5.32 Å². The Kier molecular flexibility index (Phi) is 3.68. The van der Waals surface area contributed by atoms with E-state index >= 15 is 0 Å². The molecule has 1 aliphatic rings. The highest BCUT2D eigenvalue weighted by Gasteiger charge is 2.45. The van der Waals surface area contributed by atoms with Crippen LogP contribution in [0.5, 0.6) is 0 Å². The van der Waals surface area contributed by atoms with Crippen LogP contribution in [-0.2, 0) is 24.2 Å². The number of fused-ring (bicyclic) bond motifs is 1. The molecule has 0 aliphatic heterocycles. The van der Waals surface area contributed by atoms with E-state index in [1.165, 1.54) is 0 Å². The molecule has 0 aromatic carbocycles. The topological polar surface area (TPSA) is 54.9 Å². The van der Waals surface area contributed by atoms with Gasteiger partial charge >= 0.3 is 6.18 Å². The number of amides is 1. The van der Waals surface area contributed by atoms with E-state index in [0.717, 1.165) is 30.5 Å². The molecule has 0 fully saturated rings. The van der Waals surface area contributed by atoms with Crippen LogP contribution < -0.4 is 5.32 Å². The van der Waals surface area contributed by atoms with Crippen molar-refractivity contribution in [2.24, 2.45) is 0 Å². The number of aromatic nitrogens is 2. The predicted molar refractivity (Wildman–Crippen MR) is 56.9 cm³/mol. The number of aryl methyl sites for hydroxylation is 2. The summed E-state index contributed by atoms with van der Waals surface area (Å²) in [6.07, 6.45) is -4.51. The molecule has 1 aromatic rings. The van der Waals surface area contributed by atoms with Crippen molar-refractivity contribution in [1.82, 2.24) is 15.3 Å². The Morgan fingerprint density at radius 1 is 1.42 bits per heavy atom. The normalized spacial score (nSPS) is 16.0. The lowest BCUT2D eigenvalue weighted by atomic mass is 10.3. The van der Waals surface area contributed by atoms with E-state index in [1.54, 1.807) is 6.20 Å². The molecule has 1 aromatic heterocycles. The van der Waals surface area contributed by atoms with Gasteiger partial charge in [-0.1, -0.05) is 0 Å². The highest BCUT2D eigenvalue weighted by Crippen LogP contribution is 2.23. The van der Waals surface area contributed by atoms with Crippen LogP contribution in [0, 0.1) is 0 Å². The molecule has 104 valence electrons. The highest BCUT2D eigenvalue weighted by atomic mass is 19.4. The largest absolute Gasteiger partial charge is 0.428 e. The predicted octanol–water partition coefficient (Wildman–Crippen LogP) is 1.48.